The first-order valence-electron chi connectivity index (χ1n) is 7.43. The summed E-state index contributed by atoms with van der Waals surface area (Å²) in [5.74, 6) is 3.01. The highest BCUT2D eigenvalue weighted by molar-refractivity contribution is 5.39. The molecule has 1 aliphatic heterocycles. The molecule has 1 fully saturated rings. The molecule has 0 radical (unpaired) electrons. The summed E-state index contributed by atoms with van der Waals surface area (Å²) in [6.07, 6.45) is 5.55. The number of rotatable bonds is 4. The van der Waals surface area contributed by atoms with Gasteiger partial charge in [-0.3, -0.25) is 0 Å². The standard InChI is InChI=1S/C15H20N6O/c1-11-16-7-3-13(18-11)21-9-5-12(6-10-21)19-15-17-8-4-14(20-15)22-2/h3-4,7-8,12H,5-6,9-10H2,1-2H3,(H,17,19,20). The van der Waals surface area contributed by atoms with E-state index < -0.39 is 0 Å². The molecule has 3 heterocycles. The third-order valence-electron chi connectivity index (χ3n) is 3.75. The van der Waals surface area contributed by atoms with Crippen LogP contribution in [0.1, 0.15) is 18.7 Å². The lowest BCUT2D eigenvalue weighted by Crippen LogP contribution is -2.39. The Bertz CT molecular complexity index is 627. The molecule has 2 aromatic rings. The Kier molecular flexibility index (Phi) is 4.32. The molecule has 0 aromatic carbocycles. The lowest BCUT2D eigenvalue weighted by molar-refractivity contribution is 0.397. The van der Waals surface area contributed by atoms with E-state index in [-0.39, 0.29) is 0 Å². The number of methoxy groups -OCH3 is 1. The Morgan fingerprint density at radius 3 is 2.64 bits per heavy atom. The summed E-state index contributed by atoms with van der Waals surface area (Å²) < 4.78 is 5.12. The van der Waals surface area contributed by atoms with Crippen molar-refractivity contribution >= 4 is 11.8 Å². The number of anilines is 2. The van der Waals surface area contributed by atoms with Crippen LogP contribution in [-0.2, 0) is 0 Å². The zero-order chi connectivity index (χ0) is 15.4. The van der Waals surface area contributed by atoms with Gasteiger partial charge in [-0.15, -0.1) is 0 Å². The minimum atomic E-state index is 0.367. The first-order chi connectivity index (χ1) is 10.7. The summed E-state index contributed by atoms with van der Waals surface area (Å²) >= 11 is 0. The first kappa shape index (κ1) is 14.5. The molecule has 22 heavy (non-hydrogen) atoms. The molecule has 0 spiro atoms. The molecule has 1 saturated heterocycles. The monoisotopic (exact) mass is 300 g/mol. The third-order valence-corrected chi connectivity index (χ3v) is 3.75. The molecule has 1 aliphatic rings. The summed E-state index contributed by atoms with van der Waals surface area (Å²) in [6.45, 7) is 3.83. The Morgan fingerprint density at radius 1 is 1.14 bits per heavy atom. The smallest absolute Gasteiger partial charge is 0.226 e. The number of ether oxygens (including phenoxy) is 1. The predicted octanol–water partition coefficient (Wildman–Crippen LogP) is 1.66. The van der Waals surface area contributed by atoms with Crippen LogP contribution < -0.4 is 15.0 Å². The summed E-state index contributed by atoms with van der Waals surface area (Å²) in [6, 6.07) is 4.07. The second-order valence-electron chi connectivity index (χ2n) is 5.29. The highest BCUT2D eigenvalue weighted by atomic mass is 16.5. The molecule has 116 valence electrons. The SMILES string of the molecule is COc1ccnc(NC2CCN(c3ccnc(C)n3)CC2)n1. The van der Waals surface area contributed by atoms with Crippen molar-refractivity contribution in [2.75, 3.05) is 30.4 Å². The van der Waals surface area contributed by atoms with Crippen LogP contribution in [0.4, 0.5) is 11.8 Å². The minimum absolute atomic E-state index is 0.367. The van der Waals surface area contributed by atoms with Crippen LogP contribution in [0.3, 0.4) is 0 Å². The molecule has 2 aromatic heterocycles. The molecule has 1 N–H and O–H groups in total. The number of nitrogens with one attached hydrogen (secondary N) is 1. The number of piperidine rings is 1. The fourth-order valence-corrected chi connectivity index (χ4v) is 2.58. The molecule has 0 unspecified atom stereocenters. The average Bonchev–Trinajstić information content (AvgIpc) is 2.56. The van der Waals surface area contributed by atoms with E-state index in [0.29, 0.717) is 17.9 Å². The van der Waals surface area contributed by atoms with E-state index in [1.807, 2.05) is 19.2 Å². The van der Waals surface area contributed by atoms with E-state index in [1.54, 1.807) is 19.4 Å². The second-order valence-corrected chi connectivity index (χ2v) is 5.29. The molecular formula is C15H20N6O. The van der Waals surface area contributed by atoms with Gasteiger partial charge in [0.1, 0.15) is 11.6 Å². The van der Waals surface area contributed by atoms with Crippen molar-refractivity contribution in [3.8, 4) is 5.88 Å². The summed E-state index contributed by atoms with van der Waals surface area (Å²) in [5.41, 5.74) is 0. The molecule has 3 rings (SSSR count). The van der Waals surface area contributed by atoms with E-state index in [1.165, 1.54) is 0 Å². The molecule has 7 heteroatoms. The fourth-order valence-electron chi connectivity index (χ4n) is 2.58. The molecule has 0 saturated carbocycles. The summed E-state index contributed by atoms with van der Waals surface area (Å²) in [5, 5.41) is 3.38. The lowest BCUT2D eigenvalue weighted by Gasteiger charge is -2.33. The van der Waals surface area contributed by atoms with Gasteiger partial charge in [0.05, 0.1) is 7.11 Å². The van der Waals surface area contributed by atoms with Gasteiger partial charge in [-0.2, -0.15) is 4.98 Å². The number of nitrogens with zero attached hydrogens (tertiary/aromatic N) is 5. The molecule has 0 atom stereocenters. The van der Waals surface area contributed by atoms with Gasteiger partial charge in [-0.25, -0.2) is 15.0 Å². The van der Waals surface area contributed by atoms with Gasteiger partial charge < -0.3 is 15.0 Å². The van der Waals surface area contributed by atoms with Gasteiger partial charge >= 0.3 is 0 Å². The lowest BCUT2D eigenvalue weighted by atomic mass is 10.1. The van der Waals surface area contributed by atoms with E-state index in [2.05, 4.69) is 30.2 Å². The zero-order valence-electron chi connectivity index (χ0n) is 12.9. The van der Waals surface area contributed by atoms with Crippen molar-refractivity contribution in [3.63, 3.8) is 0 Å². The molecule has 7 nitrogen and oxygen atoms in total. The van der Waals surface area contributed by atoms with Crippen molar-refractivity contribution in [1.82, 2.24) is 19.9 Å². The minimum Gasteiger partial charge on any atom is -0.481 e. The maximum absolute atomic E-state index is 5.12. The number of aryl methyl sites for hydroxylation is 1. The quantitative estimate of drug-likeness (QED) is 0.920. The molecule has 0 bridgehead atoms. The maximum atomic E-state index is 5.12. The van der Waals surface area contributed by atoms with Gasteiger partial charge in [0.25, 0.3) is 0 Å². The number of aromatic nitrogens is 4. The third kappa shape index (κ3) is 3.41. The summed E-state index contributed by atoms with van der Waals surface area (Å²) in [4.78, 5) is 19.4. The van der Waals surface area contributed by atoms with Crippen molar-refractivity contribution in [2.24, 2.45) is 0 Å². The molecule has 0 amide bonds. The van der Waals surface area contributed by atoms with Crippen LogP contribution >= 0.6 is 0 Å². The van der Waals surface area contributed by atoms with E-state index in [4.69, 9.17) is 4.74 Å². The van der Waals surface area contributed by atoms with Gasteiger partial charge in [-0.05, 0) is 25.8 Å². The van der Waals surface area contributed by atoms with Crippen LogP contribution in [-0.4, -0.2) is 46.2 Å². The van der Waals surface area contributed by atoms with Crippen molar-refractivity contribution in [1.29, 1.82) is 0 Å². The van der Waals surface area contributed by atoms with Crippen molar-refractivity contribution < 1.29 is 4.74 Å². The van der Waals surface area contributed by atoms with Gasteiger partial charge in [0, 0.05) is 37.6 Å². The average molecular weight is 300 g/mol. The van der Waals surface area contributed by atoms with Gasteiger partial charge in [0.15, 0.2) is 0 Å². The first-order valence-corrected chi connectivity index (χ1v) is 7.43. The number of hydrogen-bond donors (Lipinski definition) is 1. The largest absolute Gasteiger partial charge is 0.481 e. The van der Waals surface area contributed by atoms with Crippen LogP contribution in [0.15, 0.2) is 24.5 Å². The van der Waals surface area contributed by atoms with E-state index in [0.717, 1.165) is 37.6 Å². The van der Waals surface area contributed by atoms with Crippen molar-refractivity contribution in [3.05, 3.63) is 30.4 Å². The maximum Gasteiger partial charge on any atom is 0.226 e. The predicted molar refractivity (Wildman–Crippen MR) is 84.2 cm³/mol. The normalized spacial score (nSPS) is 15.6. The Hall–Kier alpha value is -2.44. The van der Waals surface area contributed by atoms with E-state index >= 15 is 0 Å². The van der Waals surface area contributed by atoms with Crippen LogP contribution in [0, 0.1) is 6.92 Å². The highest BCUT2D eigenvalue weighted by Gasteiger charge is 2.20. The fraction of sp³-hybridized carbons (Fsp3) is 0.467. The Balaban J connectivity index is 1.57. The van der Waals surface area contributed by atoms with Crippen molar-refractivity contribution in [2.45, 2.75) is 25.8 Å². The Morgan fingerprint density at radius 2 is 1.91 bits per heavy atom. The Labute approximate surface area is 129 Å². The second kappa shape index (κ2) is 6.55. The molecule has 0 aliphatic carbocycles. The van der Waals surface area contributed by atoms with Gasteiger partial charge in [-0.1, -0.05) is 0 Å². The van der Waals surface area contributed by atoms with Gasteiger partial charge in [0.2, 0.25) is 11.8 Å². The van der Waals surface area contributed by atoms with Crippen LogP contribution in [0.25, 0.3) is 0 Å². The zero-order valence-corrected chi connectivity index (χ0v) is 12.9. The summed E-state index contributed by atoms with van der Waals surface area (Å²) in [7, 11) is 1.61. The van der Waals surface area contributed by atoms with Crippen LogP contribution in [0.5, 0.6) is 5.88 Å². The van der Waals surface area contributed by atoms with E-state index in [9.17, 15) is 0 Å². The van der Waals surface area contributed by atoms with Crippen LogP contribution in [0.2, 0.25) is 0 Å². The topological polar surface area (TPSA) is 76.1 Å². The highest BCUT2D eigenvalue weighted by Crippen LogP contribution is 2.19. The molecular weight excluding hydrogens is 280 g/mol. The number of hydrogen-bond acceptors (Lipinski definition) is 7.